The van der Waals surface area contributed by atoms with Crippen LogP contribution in [0.25, 0.3) is 11.4 Å². The molecule has 0 bridgehead atoms. The molecule has 2 aromatic carbocycles. The molecule has 0 saturated heterocycles. The molecular weight excluding hydrogens is 406 g/mol. The van der Waals surface area contributed by atoms with Gasteiger partial charge in [0.25, 0.3) is 0 Å². The Kier molecular flexibility index (Phi) is 6.74. The molecule has 0 aliphatic rings. The van der Waals surface area contributed by atoms with Crippen LogP contribution in [0, 0.1) is 0 Å². The van der Waals surface area contributed by atoms with Crippen molar-refractivity contribution in [1.82, 2.24) is 19.7 Å². The maximum absolute atomic E-state index is 12.7. The number of hydrogen-bond acceptors (Lipinski definition) is 5. The van der Waals surface area contributed by atoms with Gasteiger partial charge in [0, 0.05) is 30.2 Å². The van der Waals surface area contributed by atoms with Crippen LogP contribution in [0.5, 0.6) is 0 Å². The molecule has 31 heavy (non-hydrogen) atoms. The maximum atomic E-state index is 12.7. The first-order chi connectivity index (χ1) is 15.2. The summed E-state index contributed by atoms with van der Waals surface area (Å²) in [6, 6.07) is 22.0. The Balaban J connectivity index is 1.42. The van der Waals surface area contributed by atoms with Crippen molar-refractivity contribution in [2.45, 2.75) is 25.0 Å². The fourth-order valence-corrected chi connectivity index (χ4v) is 4.13. The summed E-state index contributed by atoms with van der Waals surface area (Å²) >= 11 is 1.39. The quantitative estimate of drug-likeness (QED) is 0.412. The van der Waals surface area contributed by atoms with Gasteiger partial charge in [-0.25, -0.2) is 0 Å². The molecule has 156 valence electrons. The molecule has 4 rings (SSSR count). The van der Waals surface area contributed by atoms with Gasteiger partial charge in [0.15, 0.2) is 11.0 Å². The van der Waals surface area contributed by atoms with Crippen molar-refractivity contribution >= 4 is 23.4 Å². The minimum absolute atomic E-state index is 0.0679. The van der Waals surface area contributed by atoms with E-state index in [1.807, 2.05) is 66.1 Å². The lowest BCUT2D eigenvalue weighted by atomic mass is 10.0. The van der Waals surface area contributed by atoms with E-state index in [9.17, 15) is 4.79 Å². The summed E-state index contributed by atoms with van der Waals surface area (Å²) in [4.78, 5) is 16.7. The van der Waals surface area contributed by atoms with Gasteiger partial charge in [0.05, 0.1) is 5.75 Å². The average molecular weight is 430 g/mol. The van der Waals surface area contributed by atoms with E-state index in [0.29, 0.717) is 6.54 Å². The number of aromatic nitrogens is 4. The van der Waals surface area contributed by atoms with Crippen molar-refractivity contribution in [3.8, 4) is 11.4 Å². The fraction of sp³-hybridized carbons (Fsp3) is 0.167. The average Bonchev–Trinajstić information content (AvgIpc) is 3.23. The first kappa shape index (κ1) is 20.8. The van der Waals surface area contributed by atoms with Crippen LogP contribution in [0.2, 0.25) is 0 Å². The number of thioether (sulfide) groups is 1. The molecule has 0 unspecified atom stereocenters. The van der Waals surface area contributed by atoms with Gasteiger partial charge in [-0.15, -0.1) is 10.2 Å². The highest BCUT2D eigenvalue weighted by Gasteiger charge is 2.15. The first-order valence-corrected chi connectivity index (χ1v) is 11.1. The molecule has 0 atom stereocenters. The van der Waals surface area contributed by atoms with E-state index in [4.69, 9.17) is 0 Å². The Morgan fingerprint density at radius 1 is 0.968 bits per heavy atom. The van der Waals surface area contributed by atoms with E-state index < -0.39 is 0 Å². The van der Waals surface area contributed by atoms with Crippen molar-refractivity contribution in [3.63, 3.8) is 0 Å². The summed E-state index contributed by atoms with van der Waals surface area (Å²) in [6.45, 7) is 2.76. The van der Waals surface area contributed by atoms with Crippen LogP contribution < -0.4 is 5.32 Å². The molecule has 1 N–H and O–H groups in total. The molecule has 0 fully saturated rings. The summed E-state index contributed by atoms with van der Waals surface area (Å²) in [7, 11) is 0. The molecular formula is C24H23N5OS. The van der Waals surface area contributed by atoms with E-state index in [1.165, 1.54) is 17.3 Å². The van der Waals surface area contributed by atoms with Gasteiger partial charge in [-0.2, -0.15) is 0 Å². The molecule has 0 spiro atoms. The second-order valence-corrected chi connectivity index (χ2v) is 7.89. The zero-order valence-electron chi connectivity index (χ0n) is 17.2. The monoisotopic (exact) mass is 429 g/mol. The summed E-state index contributed by atoms with van der Waals surface area (Å²) in [5.74, 6) is 0.969. The molecule has 0 aliphatic heterocycles. The van der Waals surface area contributed by atoms with Crippen LogP contribution in [-0.2, 0) is 17.8 Å². The lowest BCUT2D eigenvalue weighted by Crippen LogP contribution is -2.16. The third-order valence-electron chi connectivity index (χ3n) is 4.83. The number of nitrogens with zero attached hydrogens (tertiary/aromatic N) is 4. The van der Waals surface area contributed by atoms with Gasteiger partial charge in [-0.3, -0.25) is 9.78 Å². The SMILES string of the molecule is CCn1c(SCC(=O)Nc2ccccc2Cc2ccccc2)nnc1-c1ccncc1. The number of carbonyl (C=O) groups excluding carboxylic acids is 1. The van der Waals surface area contributed by atoms with E-state index >= 15 is 0 Å². The summed E-state index contributed by atoms with van der Waals surface area (Å²) in [5, 5.41) is 12.4. The second kappa shape index (κ2) is 10.0. The highest BCUT2D eigenvalue weighted by atomic mass is 32.2. The predicted molar refractivity (Wildman–Crippen MR) is 124 cm³/mol. The van der Waals surface area contributed by atoms with Gasteiger partial charge >= 0.3 is 0 Å². The second-order valence-electron chi connectivity index (χ2n) is 6.94. The van der Waals surface area contributed by atoms with Crippen LogP contribution >= 0.6 is 11.8 Å². The van der Waals surface area contributed by atoms with Crippen molar-refractivity contribution < 1.29 is 4.79 Å². The Morgan fingerprint density at radius 2 is 1.71 bits per heavy atom. The van der Waals surface area contributed by atoms with Gasteiger partial charge in [-0.05, 0) is 42.7 Å². The number of para-hydroxylation sites is 1. The number of benzene rings is 2. The van der Waals surface area contributed by atoms with Crippen molar-refractivity contribution in [2.75, 3.05) is 11.1 Å². The Hall–Kier alpha value is -3.45. The number of hydrogen-bond donors (Lipinski definition) is 1. The smallest absolute Gasteiger partial charge is 0.234 e. The maximum Gasteiger partial charge on any atom is 0.234 e. The Bertz CT molecular complexity index is 1150. The minimum Gasteiger partial charge on any atom is -0.325 e. The zero-order chi connectivity index (χ0) is 21.5. The van der Waals surface area contributed by atoms with Crippen LogP contribution in [0.4, 0.5) is 5.69 Å². The van der Waals surface area contributed by atoms with Crippen molar-refractivity contribution in [1.29, 1.82) is 0 Å². The van der Waals surface area contributed by atoms with Crippen LogP contribution in [0.3, 0.4) is 0 Å². The van der Waals surface area contributed by atoms with Crippen LogP contribution in [0.1, 0.15) is 18.1 Å². The highest BCUT2D eigenvalue weighted by molar-refractivity contribution is 7.99. The number of anilines is 1. The zero-order valence-corrected chi connectivity index (χ0v) is 18.0. The topological polar surface area (TPSA) is 72.7 Å². The molecule has 0 radical (unpaired) electrons. The van der Waals surface area contributed by atoms with E-state index in [1.54, 1.807) is 12.4 Å². The van der Waals surface area contributed by atoms with Gasteiger partial charge in [0.1, 0.15) is 0 Å². The fourth-order valence-electron chi connectivity index (χ4n) is 3.32. The predicted octanol–water partition coefficient (Wildman–Crippen LogP) is 4.68. The molecule has 1 amide bonds. The third kappa shape index (κ3) is 5.19. The molecule has 2 heterocycles. The number of pyridine rings is 1. The van der Waals surface area contributed by atoms with Crippen molar-refractivity contribution in [3.05, 3.63) is 90.3 Å². The lowest BCUT2D eigenvalue weighted by Gasteiger charge is -2.11. The van der Waals surface area contributed by atoms with E-state index in [0.717, 1.165) is 34.2 Å². The molecule has 7 heteroatoms. The minimum atomic E-state index is -0.0679. The third-order valence-corrected chi connectivity index (χ3v) is 5.80. The molecule has 4 aromatic rings. The Labute approximate surface area is 185 Å². The summed E-state index contributed by atoms with van der Waals surface area (Å²) < 4.78 is 2.01. The molecule has 0 aliphatic carbocycles. The number of carbonyl (C=O) groups is 1. The first-order valence-electron chi connectivity index (χ1n) is 10.1. The largest absolute Gasteiger partial charge is 0.325 e. The lowest BCUT2D eigenvalue weighted by molar-refractivity contribution is -0.113. The van der Waals surface area contributed by atoms with E-state index in [-0.39, 0.29) is 11.7 Å². The van der Waals surface area contributed by atoms with Gasteiger partial charge < -0.3 is 9.88 Å². The number of amides is 1. The number of rotatable bonds is 8. The molecule has 0 saturated carbocycles. The molecule has 2 aromatic heterocycles. The van der Waals surface area contributed by atoms with Crippen LogP contribution in [-0.4, -0.2) is 31.4 Å². The van der Waals surface area contributed by atoms with E-state index in [2.05, 4.69) is 32.6 Å². The standard InChI is InChI=1S/C24H23N5OS/c1-2-29-23(19-12-14-25-15-13-19)27-28-24(29)31-17-22(30)26-21-11-7-6-10-20(21)16-18-8-4-3-5-9-18/h3-15H,2,16-17H2,1H3,(H,26,30). The Morgan fingerprint density at radius 3 is 2.48 bits per heavy atom. The van der Waals surface area contributed by atoms with Gasteiger partial charge in [-0.1, -0.05) is 60.3 Å². The van der Waals surface area contributed by atoms with Gasteiger partial charge in [0.2, 0.25) is 5.91 Å². The summed E-state index contributed by atoms with van der Waals surface area (Å²) in [6.07, 6.45) is 4.23. The van der Waals surface area contributed by atoms with Crippen LogP contribution in [0.15, 0.2) is 84.3 Å². The molecule has 6 nitrogen and oxygen atoms in total. The number of nitrogens with one attached hydrogen (secondary N) is 1. The highest BCUT2D eigenvalue weighted by Crippen LogP contribution is 2.24. The summed E-state index contributed by atoms with van der Waals surface area (Å²) in [5.41, 5.74) is 4.09. The van der Waals surface area contributed by atoms with Crippen molar-refractivity contribution in [2.24, 2.45) is 0 Å². The normalized spacial score (nSPS) is 10.7.